The summed E-state index contributed by atoms with van der Waals surface area (Å²) in [7, 11) is 3.28. The van der Waals surface area contributed by atoms with Gasteiger partial charge >= 0.3 is 0 Å². The molecular weight excluding hydrogens is 430 g/mol. The van der Waals surface area contributed by atoms with E-state index in [-0.39, 0.29) is 18.0 Å². The minimum atomic E-state index is -0.882. The van der Waals surface area contributed by atoms with E-state index in [1.54, 1.807) is 29.0 Å². The minimum absolute atomic E-state index is 0.120. The standard InChI is InChI=1S/C23H24F2N6O2/c1-13-21-18(30(3)22(14(2)33-4)23(32)29-21)8-19(28-13)26-9-15-10-27-31(11-15)12-16-6-5-7-17(24)20(16)25/h5-8,10-11,22H,2,9,12H2,1,3-4H3,(H,26,28)(H,29,32)/t22-/m0/s1. The number of nitrogens with zero attached hydrogens (tertiary/aromatic N) is 4. The van der Waals surface area contributed by atoms with Gasteiger partial charge in [-0.2, -0.15) is 5.10 Å². The Kier molecular flexibility index (Phi) is 5.99. The maximum atomic E-state index is 13.9. The van der Waals surface area contributed by atoms with Gasteiger partial charge in [-0.3, -0.25) is 9.48 Å². The molecule has 0 saturated heterocycles. The summed E-state index contributed by atoms with van der Waals surface area (Å²) in [5.74, 6) is -1.03. The molecule has 3 heterocycles. The van der Waals surface area contributed by atoms with E-state index in [2.05, 4.69) is 27.3 Å². The van der Waals surface area contributed by atoms with Crippen LogP contribution in [0, 0.1) is 18.6 Å². The summed E-state index contributed by atoms with van der Waals surface area (Å²) in [6, 6.07) is 5.26. The molecule has 4 rings (SSSR count). The van der Waals surface area contributed by atoms with Gasteiger partial charge in [-0.25, -0.2) is 13.8 Å². The van der Waals surface area contributed by atoms with Crippen LogP contribution in [0.2, 0.25) is 0 Å². The summed E-state index contributed by atoms with van der Waals surface area (Å²) >= 11 is 0. The summed E-state index contributed by atoms with van der Waals surface area (Å²) in [5.41, 5.74) is 3.15. The van der Waals surface area contributed by atoms with Gasteiger partial charge in [-0.1, -0.05) is 18.7 Å². The Bertz CT molecular complexity index is 1230. The number of carbonyl (C=O) groups excluding carboxylic acids is 1. The Labute approximate surface area is 189 Å². The molecule has 8 nitrogen and oxygen atoms in total. The fourth-order valence-electron chi connectivity index (χ4n) is 3.78. The zero-order valence-electron chi connectivity index (χ0n) is 18.5. The van der Waals surface area contributed by atoms with Crippen molar-refractivity contribution < 1.29 is 18.3 Å². The molecule has 1 aliphatic heterocycles. The van der Waals surface area contributed by atoms with Crippen molar-refractivity contribution in [3.63, 3.8) is 0 Å². The van der Waals surface area contributed by atoms with Crippen LogP contribution in [0.1, 0.15) is 16.8 Å². The highest BCUT2D eigenvalue weighted by atomic mass is 19.2. The normalized spacial score (nSPS) is 15.1. The minimum Gasteiger partial charge on any atom is -0.499 e. The van der Waals surface area contributed by atoms with Crippen LogP contribution in [0.15, 0.2) is 49.0 Å². The average Bonchev–Trinajstić information content (AvgIpc) is 3.23. The summed E-state index contributed by atoms with van der Waals surface area (Å²) < 4.78 is 34.1. The molecule has 2 N–H and O–H groups in total. The molecule has 0 aliphatic carbocycles. The number of fused-ring (bicyclic) bond motifs is 1. The van der Waals surface area contributed by atoms with Crippen molar-refractivity contribution >= 4 is 23.1 Å². The van der Waals surface area contributed by atoms with Gasteiger partial charge in [0.2, 0.25) is 0 Å². The van der Waals surface area contributed by atoms with Crippen molar-refractivity contribution in [2.45, 2.75) is 26.1 Å². The SMILES string of the molecule is C=C(OC)[C@H]1C(=O)Nc2c(cc(NCc3cnn(Cc4cccc(F)c4F)c3)nc2C)N1C. The van der Waals surface area contributed by atoms with Crippen LogP contribution in [-0.4, -0.2) is 40.9 Å². The van der Waals surface area contributed by atoms with Gasteiger partial charge in [-0.05, 0) is 13.0 Å². The molecule has 0 unspecified atom stereocenters. The maximum absolute atomic E-state index is 13.9. The van der Waals surface area contributed by atoms with E-state index >= 15 is 0 Å². The average molecular weight is 454 g/mol. The number of aryl methyl sites for hydroxylation is 1. The van der Waals surface area contributed by atoms with Gasteiger partial charge < -0.3 is 20.3 Å². The van der Waals surface area contributed by atoms with Crippen molar-refractivity contribution in [1.29, 1.82) is 0 Å². The highest BCUT2D eigenvalue weighted by Crippen LogP contribution is 2.36. The highest BCUT2D eigenvalue weighted by molar-refractivity contribution is 6.05. The first-order chi connectivity index (χ1) is 15.8. The van der Waals surface area contributed by atoms with Gasteiger partial charge in [-0.15, -0.1) is 0 Å². The molecule has 33 heavy (non-hydrogen) atoms. The van der Waals surface area contributed by atoms with Gasteiger partial charge in [0, 0.05) is 37.0 Å². The lowest BCUT2D eigenvalue weighted by atomic mass is 10.1. The molecule has 0 bridgehead atoms. The second-order valence-corrected chi connectivity index (χ2v) is 7.77. The smallest absolute Gasteiger partial charge is 0.255 e. The molecule has 0 saturated carbocycles. The van der Waals surface area contributed by atoms with Crippen LogP contribution in [0.4, 0.5) is 26.0 Å². The van der Waals surface area contributed by atoms with E-state index in [9.17, 15) is 13.6 Å². The van der Waals surface area contributed by atoms with Crippen molar-refractivity contribution in [2.75, 3.05) is 29.7 Å². The monoisotopic (exact) mass is 454 g/mol. The first-order valence-corrected chi connectivity index (χ1v) is 10.2. The van der Waals surface area contributed by atoms with Gasteiger partial charge in [0.15, 0.2) is 17.7 Å². The van der Waals surface area contributed by atoms with Gasteiger partial charge in [0.25, 0.3) is 5.91 Å². The predicted octanol–water partition coefficient (Wildman–Crippen LogP) is 3.44. The molecule has 1 aromatic carbocycles. The van der Waals surface area contributed by atoms with Crippen LogP contribution in [0.3, 0.4) is 0 Å². The lowest BCUT2D eigenvalue weighted by Gasteiger charge is -2.36. The topological polar surface area (TPSA) is 84.3 Å². The Balaban J connectivity index is 1.48. The first kappa shape index (κ1) is 22.3. The summed E-state index contributed by atoms with van der Waals surface area (Å²) in [6.07, 6.45) is 3.41. The number of rotatable bonds is 7. The molecule has 1 aliphatic rings. The number of halogens is 2. The molecule has 0 radical (unpaired) electrons. The third-order valence-electron chi connectivity index (χ3n) is 5.53. The van der Waals surface area contributed by atoms with E-state index in [4.69, 9.17) is 4.74 Å². The maximum Gasteiger partial charge on any atom is 0.255 e. The Morgan fingerprint density at radius 3 is 2.91 bits per heavy atom. The summed E-state index contributed by atoms with van der Waals surface area (Å²) in [4.78, 5) is 18.8. The van der Waals surface area contributed by atoms with Gasteiger partial charge in [0.1, 0.15) is 11.6 Å². The van der Waals surface area contributed by atoms with E-state index in [0.29, 0.717) is 29.5 Å². The fourth-order valence-corrected chi connectivity index (χ4v) is 3.78. The summed E-state index contributed by atoms with van der Waals surface area (Å²) in [6.45, 7) is 6.18. The molecule has 10 heteroatoms. The molecular formula is C23H24F2N6O2. The van der Waals surface area contributed by atoms with Crippen LogP contribution in [-0.2, 0) is 22.6 Å². The van der Waals surface area contributed by atoms with Crippen molar-refractivity contribution in [3.8, 4) is 0 Å². The number of anilines is 3. The number of likely N-dealkylation sites (N-methyl/N-ethyl adjacent to an activating group) is 1. The molecule has 1 atom stereocenters. The lowest BCUT2D eigenvalue weighted by Crippen LogP contribution is -2.47. The van der Waals surface area contributed by atoms with E-state index in [1.807, 2.05) is 13.0 Å². The van der Waals surface area contributed by atoms with Crippen molar-refractivity contribution in [1.82, 2.24) is 14.8 Å². The fraction of sp³-hybridized carbons (Fsp3) is 0.261. The van der Waals surface area contributed by atoms with Crippen LogP contribution < -0.4 is 15.5 Å². The number of methoxy groups -OCH3 is 1. The second kappa shape index (κ2) is 8.89. The zero-order valence-corrected chi connectivity index (χ0v) is 18.5. The number of ether oxygens (including phenoxy) is 1. The molecule has 1 amide bonds. The Morgan fingerprint density at radius 1 is 1.36 bits per heavy atom. The predicted molar refractivity (Wildman–Crippen MR) is 121 cm³/mol. The summed E-state index contributed by atoms with van der Waals surface area (Å²) in [5, 5.41) is 10.4. The number of hydrogen-bond donors (Lipinski definition) is 2. The number of pyridine rings is 1. The second-order valence-electron chi connectivity index (χ2n) is 7.77. The zero-order chi connectivity index (χ0) is 23.7. The number of carbonyl (C=O) groups is 1. The molecule has 2 aromatic heterocycles. The van der Waals surface area contributed by atoms with Crippen molar-refractivity contribution in [2.24, 2.45) is 0 Å². The van der Waals surface area contributed by atoms with E-state index in [1.165, 1.54) is 19.2 Å². The molecule has 172 valence electrons. The number of amides is 1. The Morgan fingerprint density at radius 2 is 2.15 bits per heavy atom. The first-order valence-electron chi connectivity index (χ1n) is 10.2. The number of nitrogens with one attached hydrogen (secondary N) is 2. The Hall–Kier alpha value is -3.95. The van der Waals surface area contributed by atoms with E-state index in [0.717, 1.165) is 17.3 Å². The third kappa shape index (κ3) is 4.36. The van der Waals surface area contributed by atoms with Gasteiger partial charge in [0.05, 0.1) is 36.9 Å². The van der Waals surface area contributed by atoms with Crippen molar-refractivity contribution in [3.05, 3.63) is 77.5 Å². The quantitative estimate of drug-likeness (QED) is 0.532. The number of benzene rings is 1. The highest BCUT2D eigenvalue weighted by Gasteiger charge is 2.35. The number of aromatic nitrogens is 3. The van der Waals surface area contributed by atoms with Crippen LogP contribution >= 0.6 is 0 Å². The van der Waals surface area contributed by atoms with Crippen LogP contribution in [0.25, 0.3) is 0 Å². The largest absolute Gasteiger partial charge is 0.499 e. The molecule has 3 aromatic rings. The number of hydrogen-bond acceptors (Lipinski definition) is 6. The lowest BCUT2D eigenvalue weighted by molar-refractivity contribution is -0.117. The van der Waals surface area contributed by atoms with E-state index < -0.39 is 17.7 Å². The third-order valence-corrected chi connectivity index (χ3v) is 5.53. The molecule has 0 fully saturated rings. The van der Waals surface area contributed by atoms with Crippen LogP contribution in [0.5, 0.6) is 0 Å². The molecule has 0 spiro atoms.